The molecule has 0 aromatic carbocycles. The molecule has 23 heavy (non-hydrogen) atoms. The molecule has 0 aliphatic carbocycles. The number of hydrogen-bond donors (Lipinski definition) is 1. The van der Waals surface area contributed by atoms with Crippen LogP contribution in [0, 0.1) is 5.92 Å². The maximum Gasteiger partial charge on any atom is 0.0302 e. The third kappa shape index (κ3) is 9.50. The maximum atomic E-state index is 4.16. The highest BCUT2D eigenvalue weighted by Gasteiger charge is 2.07. The molecule has 2 nitrogen and oxygen atoms in total. The number of nitrogens with one attached hydrogen (secondary N) is 1. The van der Waals surface area contributed by atoms with Crippen molar-refractivity contribution in [3.8, 4) is 0 Å². The molecule has 3 heteroatoms. The van der Waals surface area contributed by atoms with E-state index in [1.54, 1.807) is 18.8 Å². The highest BCUT2D eigenvalue weighted by atomic mass is 32.2. The zero-order valence-corrected chi connectivity index (χ0v) is 16.4. The Balaban J connectivity index is 4.50. The first-order chi connectivity index (χ1) is 11.0. The van der Waals surface area contributed by atoms with E-state index in [0.29, 0.717) is 0 Å². The summed E-state index contributed by atoms with van der Waals surface area (Å²) in [6.45, 7) is 17.9. The van der Waals surface area contributed by atoms with Crippen molar-refractivity contribution in [1.29, 1.82) is 0 Å². The Morgan fingerprint density at radius 2 is 1.83 bits per heavy atom. The maximum absolute atomic E-state index is 4.16. The van der Waals surface area contributed by atoms with Crippen molar-refractivity contribution >= 4 is 18.0 Å². The SMILES string of the molecule is C=C(NCC(CCC)CCC)/C(C)=C/SC(=C)C(/C=N\C)=C/C. The molecule has 0 aromatic heterocycles. The van der Waals surface area contributed by atoms with Gasteiger partial charge in [0.2, 0.25) is 0 Å². The predicted octanol–water partition coefficient (Wildman–Crippen LogP) is 6.10. The summed E-state index contributed by atoms with van der Waals surface area (Å²) in [7, 11) is 1.78. The van der Waals surface area contributed by atoms with Crippen LogP contribution in [-0.2, 0) is 0 Å². The Labute approximate surface area is 147 Å². The molecular weight excluding hydrogens is 300 g/mol. The molecule has 0 amide bonds. The second-order valence-corrected chi connectivity index (χ2v) is 6.74. The second kappa shape index (κ2) is 13.2. The Hall–Kier alpha value is -1.22. The number of aliphatic imine (C=N–C) groups is 1. The lowest BCUT2D eigenvalue weighted by Crippen LogP contribution is -2.22. The summed E-state index contributed by atoms with van der Waals surface area (Å²) in [5.41, 5.74) is 3.23. The largest absolute Gasteiger partial charge is 0.385 e. The van der Waals surface area contributed by atoms with E-state index in [-0.39, 0.29) is 0 Å². The quantitative estimate of drug-likeness (QED) is 0.344. The fourth-order valence-corrected chi connectivity index (χ4v) is 3.09. The van der Waals surface area contributed by atoms with Crippen molar-refractivity contribution < 1.29 is 0 Å². The van der Waals surface area contributed by atoms with Crippen LogP contribution in [0.25, 0.3) is 0 Å². The average molecular weight is 335 g/mol. The smallest absolute Gasteiger partial charge is 0.0302 e. The van der Waals surface area contributed by atoms with Crippen LogP contribution >= 0.6 is 11.8 Å². The fraction of sp³-hybridized carbons (Fsp3) is 0.550. The van der Waals surface area contributed by atoms with Gasteiger partial charge in [0.1, 0.15) is 0 Å². The summed E-state index contributed by atoms with van der Waals surface area (Å²) in [5, 5.41) is 5.61. The first-order valence-corrected chi connectivity index (χ1v) is 9.42. The molecule has 0 aromatic rings. The lowest BCUT2D eigenvalue weighted by atomic mass is 9.98. The van der Waals surface area contributed by atoms with Gasteiger partial charge in [0.15, 0.2) is 0 Å². The van der Waals surface area contributed by atoms with Gasteiger partial charge in [0.05, 0.1) is 0 Å². The number of nitrogens with zero attached hydrogens (tertiary/aromatic N) is 1. The van der Waals surface area contributed by atoms with Crippen molar-refractivity contribution in [1.82, 2.24) is 5.32 Å². The zero-order valence-electron chi connectivity index (χ0n) is 15.6. The van der Waals surface area contributed by atoms with Crippen LogP contribution in [0.15, 0.2) is 51.4 Å². The highest BCUT2D eigenvalue weighted by molar-refractivity contribution is 8.06. The average Bonchev–Trinajstić information content (AvgIpc) is 2.55. The molecule has 0 spiro atoms. The summed E-state index contributed by atoms with van der Waals surface area (Å²) in [4.78, 5) is 5.06. The molecule has 1 N–H and O–H groups in total. The van der Waals surface area contributed by atoms with E-state index in [1.165, 1.54) is 25.7 Å². The van der Waals surface area contributed by atoms with Crippen LogP contribution in [0.5, 0.6) is 0 Å². The second-order valence-electron chi connectivity index (χ2n) is 5.78. The monoisotopic (exact) mass is 334 g/mol. The van der Waals surface area contributed by atoms with Gasteiger partial charge in [0.25, 0.3) is 0 Å². The standard InChI is InChI=1S/C20H34N2S/c1-8-11-19(12-9-2)13-22-17(5)16(4)15-23-18(6)20(10-3)14-21-7/h10,14-15,19,22H,5-6,8-9,11-13H2,1-4,7H3/b16-15+,20-10+,21-14-. The van der Waals surface area contributed by atoms with Gasteiger partial charge in [-0.25, -0.2) is 0 Å². The summed E-state index contributed by atoms with van der Waals surface area (Å²) in [6, 6.07) is 0. The van der Waals surface area contributed by atoms with Crippen molar-refractivity contribution in [2.45, 2.75) is 53.4 Å². The van der Waals surface area contributed by atoms with Gasteiger partial charge in [-0.1, -0.05) is 57.7 Å². The number of hydrogen-bond acceptors (Lipinski definition) is 3. The van der Waals surface area contributed by atoms with E-state index in [4.69, 9.17) is 0 Å². The van der Waals surface area contributed by atoms with Crippen molar-refractivity contribution in [2.75, 3.05) is 13.6 Å². The minimum atomic E-state index is 0.743. The highest BCUT2D eigenvalue weighted by Crippen LogP contribution is 2.25. The fourth-order valence-electron chi connectivity index (χ4n) is 2.32. The Bertz CT molecular complexity index is 452. The van der Waals surface area contributed by atoms with Crippen LogP contribution in [0.2, 0.25) is 0 Å². The van der Waals surface area contributed by atoms with Gasteiger partial charge < -0.3 is 5.32 Å². The molecular formula is C20H34N2S. The molecule has 0 bridgehead atoms. The zero-order chi connectivity index (χ0) is 17.7. The molecule has 0 rings (SSSR count). The summed E-state index contributed by atoms with van der Waals surface area (Å²) >= 11 is 1.62. The van der Waals surface area contributed by atoms with E-state index in [1.807, 2.05) is 19.2 Å². The third-order valence-electron chi connectivity index (χ3n) is 3.75. The molecule has 0 aliphatic rings. The summed E-state index contributed by atoms with van der Waals surface area (Å²) in [6.07, 6.45) is 8.92. The van der Waals surface area contributed by atoms with Crippen LogP contribution < -0.4 is 5.32 Å². The van der Waals surface area contributed by atoms with E-state index in [2.05, 4.69) is 49.6 Å². The number of allylic oxidation sites excluding steroid dienone is 3. The molecule has 0 saturated carbocycles. The lowest BCUT2D eigenvalue weighted by Gasteiger charge is -2.18. The van der Waals surface area contributed by atoms with Crippen molar-refractivity contribution in [2.24, 2.45) is 10.9 Å². The Morgan fingerprint density at radius 3 is 2.30 bits per heavy atom. The van der Waals surface area contributed by atoms with E-state index >= 15 is 0 Å². The molecule has 0 saturated heterocycles. The van der Waals surface area contributed by atoms with Crippen LogP contribution in [-0.4, -0.2) is 19.8 Å². The minimum absolute atomic E-state index is 0.743. The first-order valence-electron chi connectivity index (χ1n) is 8.54. The first kappa shape index (κ1) is 21.8. The molecule has 0 radical (unpaired) electrons. The summed E-state index contributed by atoms with van der Waals surface area (Å²) in [5.74, 6) is 0.743. The topological polar surface area (TPSA) is 24.4 Å². The van der Waals surface area contributed by atoms with Crippen molar-refractivity contribution in [3.63, 3.8) is 0 Å². The van der Waals surface area contributed by atoms with Gasteiger partial charge in [-0.05, 0) is 43.6 Å². The molecule has 0 atom stereocenters. The van der Waals surface area contributed by atoms with E-state index in [0.717, 1.165) is 34.2 Å². The van der Waals surface area contributed by atoms with Crippen LogP contribution in [0.1, 0.15) is 53.4 Å². The predicted molar refractivity (Wildman–Crippen MR) is 109 cm³/mol. The number of thioether (sulfide) groups is 1. The van der Waals surface area contributed by atoms with E-state index in [9.17, 15) is 0 Å². The molecule has 0 unspecified atom stereocenters. The molecule has 0 aliphatic heterocycles. The Kier molecular flexibility index (Phi) is 12.5. The van der Waals surface area contributed by atoms with E-state index < -0.39 is 0 Å². The number of rotatable bonds is 12. The minimum Gasteiger partial charge on any atom is -0.385 e. The van der Waals surface area contributed by atoms with Crippen LogP contribution in [0.4, 0.5) is 0 Å². The van der Waals surface area contributed by atoms with Gasteiger partial charge in [-0.15, -0.1) is 0 Å². The van der Waals surface area contributed by atoms with Gasteiger partial charge in [-0.2, -0.15) is 0 Å². The van der Waals surface area contributed by atoms with Gasteiger partial charge in [0, 0.05) is 36.0 Å². The molecule has 130 valence electrons. The molecule has 0 heterocycles. The van der Waals surface area contributed by atoms with Gasteiger partial charge in [-0.3, -0.25) is 4.99 Å². The van der Waals surface area contributed by atoms with Gasteiger partial charge >= 0.3 is 0 Å². The lowest BCUT2D eigenvalue weighted by molar-refractivity contribution is 0.426. The third-order valence-corrected chi connectivity index (χ3v) is 4.74. The van der Waals surface area contributed by atoms with Crippen molar-refractivity contribution in [3.05, 3.63) is 46.4 Å². The normalized spacial score (nSPS) is 13.0. The summed E-state index contributed by atoms with van der Waals surface area (Å²) < 4.78 is 0. The van der Waals surface area contributed by atoms with Crippen LogP contribution in [0.3, 0.4) is 0 Å². The molecule has 0 fully saturated rings. The Morgan fingerprint density at radius 1 is 1.22 bits per heavy atom.